The SMILES string of the molecule is CCCCCC[C@@H]1OCC[C@H](C(C)(C)c2ccc(OCCCOC[C@@H]3C[C@@H]4C=C[C@H]3C4)cc2)O1. The topological polar surface area (TPSA) is 36.9 Å². The highest BCUT2D eigenvalue weighted by Crippen LogP contribution is 2.43. The lowest BCUT2D eigenvalue weighted by Crippen LogP contribution is -2.43. The van der Waals surface area contributed by atoms with Crippen LogP contribution in [0.25, 0.3) is 0 Å². The number of ether oxygens (including phenoxy) is 4. The highest BCUT2D eigenvalue weighted by Gasteiger charge is 2.37. The van der Waals surface area contributed by atoms with E-state index in [9.17, 15) is 0 Å². The molecule has 0 amide bonds. The number of fused-ring (bicyclic) bond motifs is 2. The van der Waals surface area contributed by atoms with Crippen molar-refractivity contribution in [1.29, 1.82) is 0 Å². The minimum Gasteiger partial charge on any atom is -0.494 e. The lowest BCUT2D eigenvalue weighted by molar-refractivity contribution is -0.228. The van der Waals surface area contributed by atoms with Gasteiger partial charge < -0.3 is 18.9 Å². The van der Waals surface area contributed by atoms with Crippen LogP contribution in [0.4, 0.5) is 0 Å². The smallest absolute Gasteiger partial charge is 0.157 e. The standard InChI is InChI=1S/C30H46O4/c1-4-5-6-7-9-29-33-19-16-28(34-29)30(2,3)26-12-14-27(15-13-26)32-18-8-17-31-22-25-21-23-10-11-24(25)20-23/h10-15,23-25,28-29H,4-9,16-22H2,1-3H3/t23-,24+,25+,28-,29-/m1/s1. The second-order valence-corrected chi connectivity index (χ2v) is 11.1. The molecule has 2 aliphatic carbocycles. The Balaban J connectivity index is 1.15. The minimum atomic E-state index is -0.0628. The fourth-order valence-electron chi connectivity index (χ4n) is 5.86. The molecule has 1 aromatic carbocycles. The van der Waals surface area contributed by atoms with E-state index in [-0.39, 0.29) is 17.8 Å². The molecule has 190 valence electrons. The van der Waals surface area contributed by atoms with Gasteiger partial charge in [-0.3, -0.25) is 0 Å². The van der Waals surface area contributed by atoms with Crippen molar-refractivity contribution in [2.45, 2.75) is 96.4 Å². The minimum absolute atomic E-state index is 0.0556. The highest BCUT2D eigenvalue weighted by atomic mass is 16.7. The zero-order chi connectivity index (χ0) is 23.8. The van der Waals surface area contributed by atoms with Crippen LogP contribution in [0.5, 0.6) is 5.75 Å². The van der Waals surface area contributed by atoms with Gasteiger partial charge in [-0.25, -0.2) is 0 Å². The molecule has 1 saturated carbocycles. The largest absolute Gasteiger partial charge is 0.494 e. The van der Waals surface area contributed by atoms with Crippen LogP contribution < -0.4 is 4.74 Å². The van der Waals surface area contributed by atoms with Gasteiger partial charge in [0, 0.05) is 25.0 Å². The van der Waals surface area contributed by atoms with E-state index in [1.165, 1.54) is 44.1 Å². The molecule has 1 aromatic rings. The Morgan fingerprint density at radius 2 is 1.82 bits per heavy atom. The maximum absolute atomic E-state index is 6.40. The van der Waals surface area contributed by atoms with Gasteiger partial charge in [-0.15, -0.1) is 0 Å². The van der Waals surface area contributed by atoms with Crippen molar-refractivity contribution in [2.24, 2.45) is 17.8 Å². The van der Waals surface area contributed by atoms with E-state index in [1.807, 2.05) is 0 Å². The van der Waals surface area contributed by atoms with Crippen LogP contribution in [-0.4, -0.2) is 38.8 Å². The van der Waals surface area contributed by atoms with Crippen molar-refractivity contribution in [2.75, 3.05) is 26.4 Å². The molecular formula is C30H46O4. The maximum Gasteiger partial charge on any atom is 0.157 e. The summed E-state index contributed by atoms with van der Waals surface area (Å²) in [5, 5.41) is 0. The van der Waals surface area contributed by atoms with Crippen LogP contribution >= 0.6 is 0 Å². The summed E-state index contributed by atoms with van der Waals surface area (Å²) in [6.45, 7) is 9.99. The monoisotopic (exact) mass is 470 g/mol. The van der Waals surface area contributed by atoms with Crippen LogP contribution in [-0.2, 0) is 19.6 Å². The van der Waals surface area contributed by atoms with Crippen molar-refractivity contribution < 1.29 is 18.9 Å². The third-order valence-electron chi connectivity index (χ3n) is 8.15. The lowest BCUT2D eigenvalue weighted by Gasteiger charge is -2.40. The van der Waals surface area contributed by atoms with Crippen molar-refractivity contribution >= 4 is 0 Å². The average molecular weight is 471 g/mol. The van der Waals surface area contributed by atoms with E-state index in [2.05, 4.69) is 57.2 Å². The van der Waals surface area contributed by atoms with Gasteiger partial charge in [0.1, 0.15) is 5.75 Å². The first-order valence-corrected chi connectivity index (χ1v) is 13.8. The van der Waals surface area contributed by atoms with Gasteiger partial charge in [0.15, 0.2) is 6.29 Å². The van der Waals surface area contributed by atoms with Crippen LogP contribution in [0.3, 0.4) is 0 Å². The molecule has 0 unspecified atom stereocenters. The molecule has 1 saturated heterocycles. The number of hydrogen-bond acceptors (Lipinski definition) is 4. The number of hydrogen-bond donors (Lipinski definition) is 0. The molecule has 0 radical (unpaired) electrons. The lowest BCUT2D eigenvalue weighted by atomic mass is 9.78. The molecule has 0 aromatic heterocycles. The van der Waals surface area contributed by atoms with Crippen LogP contribution in [0, 0.1) is 17.8 Å². The second-order valence-electron chi connectivity index (χ2n) is 11.1. The quantitative estimate of drug-likeness (QED) is 0.215. The molecule has 4 heteroatoms. The van der Waals surface area contributed by atoms with Gasteiger partial charge in [-0.05, 0) is 67.6 Å². The third kappa shape index (κ3) is 6.86. The molecule has 0 N–H and O–H groups in total. The van der Waals surface area contributed by atoms with E-state index in [0.29, 0.717) is 6.61 Å². The number of allylic oxidation sites excluding steroid dienone is 2. The number of rotatable bonds is 14. The van der Waals surface area contributed by atoms with Crippen molar-refractivity contribution in [1.82, 2.24) is 0 Å². The predicted octanol–water partition coefficient (Wildman–Crippen LogP) is 7.06. The first kappa shape index (κ1) is 25.7. The summed E-state index contributed by atoms with van der Waals surface area (Å²) in [5.41, 5.74) is 1.23. The van der Waals surface area contributed by atoms with Crippen LogP contribution in [0.1, 0.15) is 84.1 Å². The molecule has 1 aliphatic heterocycles. The van der Waals surface area contributed by atoms with E-state index in [4.69, 9.17) is 18.9 Å². The summed E-state index contributed by atoms with van der Waals surface area (Å²) in [5.74, 6) is 3.26. The molecule has 2 bridgehead atoms. The summed E-state index contributed by atoms with van der Waals surface area (Å²) >= 11 is 0. The number of unbranched alkanes of at least 4 members (excludes halogenated alkanes) is 3. The Kier molecular flexibility index (Phi) is 9.50. The van der Waals surface area contributed by atoms with Gasteiger partial charge in [-0.2, -0.15) is 0 Å². The van der Waals surface area contributed by atoms with E-state index >= 15 is 0 Å². The summed E-state index contributed by atoms with van der Waals surface area (Å²) in [4.78, 5) is 0. The number of benzene rings is 1. The third-order valence-corrected chi connectivity index (χ3v) is 8.15. The second kappa shape index (κ2) is 12.6. The van der Waals surface area contributed by atoms with Gasteiger partial charge in [0.2, 0.25) is 0 Å². The Hall–Kier alpha value is -1.36. The molecule has 1 heterocycles. The Morgan fingerprint density at radius 3 is 2.56 bits per heavy atom. The normalized spacial score (nSPS) is 28.5. The van der Waals surface area contributed by atoms with Crippen molar-refractivity contribution in [3.8, 4) is 5.75 Å². The maximum atomic E-state index is 6.40. The Bertz CT molecular complexity index is 756. The molecule has 2 fully saturated rings. The molecular weight excluding hydrogens is 424 g/mol. The van der Waals surface area contributed by atoms with Crippen LogP contribution in [0.2, 0.25) is 0 Å². The van der Waals surface area contributed by atoms with Gasteiger partial charge in [0.05, 0.1) is 19.3 Å². The van der Waals surface area contributed by atoms with Crippen molar-refractivity contribution in [3.05, 3.63) is 42.0 Å². The molecule has 4 nitrogen and oxygen atoms in total. The zero-order valence-corrected chi connectivity index (χ0v) is 21.7. The summed E-state index contributed by atoms with van der Waals surface area (Å²) in [6, 6.07) is 8.59. The molecule has 3 aliphatic rings. The Morgan fingerprint density at radius 1 is 0.971 bits per heavy atom. The first-order valence-electron chi connectivity index (χ1n) is 13.8. The summed E-state index contributed by atoms with van der Waals surface area (Å²) in [7, 11) is 0. The Labute approximate surface area is 207 Å². The first-order chi connectivity index (χ1) is 16.6. The van der Waals surface area contributed by atoms with Crippen molar-refractivity contribution in [3.63, 3.8) is 0 Å². The highest BCUT2D eigenvalue weighted by molar-refractivity contribution is 5.32. The molecule has 0 spiro atoms. The van der Waals surface area contributed by atoms with Gasteiger partial charge in [0.25, 0.3) is 0 Å². The fraction of sp³-hybridized carbons (Fsp3) is 0.733. The average Bonchev–Trinajstić information content (AvgIpc) is 3.48. The molecule has 5 atom stereocenters. The molecule has 4 rings (SSSR count). The van der Waals surface area contributed by atoms with Crippen LogP contribution in [0.15, 0.2) is 36.4 Å². The zero-order valence-electron chi connectivity index (χ0n) is 21.7. The summed E-state index contributed by atoms with van der Waals surface area (Å²) in [6.07, 6.45) is 15.5. The van der Waals surface area contributed by atoms with Gasteiger partial charge >= 0.3 is 0 Å². The fourth-order valence-corrected chi connectivity index (χ4v) is 5.86. The van der Waals surface area contributed by atoms with E-state index in [1.54, 1.807) is 0 Å². The van der Waals surface area contributed by atoms with Gasteiger partial charge in [-0.1, -0.05) is 64.3 Å². The van der Waals surface area contributed by atoms with E-state index < -0.39 is 0 Å². The molecule has 34 heavy (non-hydrogen) atoms. The van der Waals surface area contributed by atoms with E-state index in [0.717, 1.165) is 62.6 Å². The summed E-state index contributed by atoms with van der Waals surface area (Å²) < 4.78 is 24.2. The predicted molar refractivity (Wildman–Crippen MR) is 137 cm³/mol.